The van der Waals surface area contributed by atoms with E-state index in [0.717, 1.165) is 16.7 Å². The fourth-order valence-corrected chi connectivity index (χ4v) is 5.40. The van der Waals surface area contributed by atoms with Gasteiger partial charge in [0, 0.05) is 28.1 Å². The zero-order chi connectivity index (χ0) is 24.4. The van der Waals surface area contributed by atoms with Crippen LogP contribution in [-0.4, -0.2) is 20.1 Å². The molecule has 170 valence electrons. The van der Waals surface area contributed by atoms with Gasteiger partial charge in [-0.2, -0.15) is 0 Å². The molecule has 4 rings (SSSR count). The summed E-state index contributed by atoms with van der Waals surface area (Å²) in [5.41, 5.74) is 0.454. The number of amides is 1. The molecule has 1 fully saturated rings. The third kappa shape index (κ3) is 5.12. The number of hydrogen-bond acceptors (Lipinski definition) is 8. The highest BCUT2D eigenvalue weighted by molar-refractivity contribution is 8.27. The molecule has 0 aliphatic carbocycles. The van der Waals surface area contributed by atoms with Crippen LogP contribution in [0.15, 0.2) is 81.4 Å². The van der Waals surface area contributed by atoms with Crippen molar-refractivity contribution < 1.29 is 14.6 Å². The summed E-state index contributed by atoms with van der Waals surface area (Å²) >= 11 is 13.5. The Balaban J connectivity index is 1.63. The van der Waals surface area contributed by atoms with Gasteiger partial charge in [-0.25, -0.2) is 0 Å². The van der Waals surface area contributed by atoms with Crippen molar-refractivity contribution in [2.24, 2.45) is 0 Å². The van der Waals surface area contributed by atoms with Crippen molar-refractivity contribution in [3.63, 3.8) is 0 Å². The van der Waals surface area contributed by atoms with E-state index in [-0.39, 0.29) is 26.3 Å². The lowest BCUT2D eigenvalue weighted by Crippen LogP contribution is -2.27. The van der Waals surface area contributed by atoms with E-state index in [1.807, 2.05) is 0 Å². The van der Waals surface area contributed by atoms with E-state index in [9.17, 15) is 25.0 Å². The fraction of sp³-hybridized carbons (Fsp3) is 0. The molecule has 0 atom stereocenters. The lowest BCUT2D eigenvalue weighted by atomic mass is 10.2. The zero-order valence-electron chi connectivity index (χ0n) is 16.9. The van der Waals surface area contributed by atoms with E-state index >= 15 is 0 Å². The first kappa shape index (κ1) is 23.9. The van der Waals surface area contributed by atoms with Gasteiger partial charge in [0.1, 0.15) is 0 Å². The maximum absolute atomic E-state index is 13.0. The van der Waals surface area contributed by atoms with Crippen LogP contribution in [-0.2, 0) is 4.79 Å². The maximum Gasteiger partial charge on any atom is 0.283 e. The van der Waals surface area contributed by atoms with Gasteiger partial charge in [-0.05, 0) is 48.0 Å². The Morgan fingerprint density at radius 1 is 1.00 bits per heavy atom. The predicted molar refractivity (Wildman–Crippen MR) is 137 cm³/mol. The van der Waals surface area contributed by atoms with Crippen LogP contribution in [0.2, 0.25) is 5.02 Å². The van der Waals surface area contributed by atoms with Crippen molar-refractivity contribution >= 4 is 80.7 Å². The van der Waals surface area contributed by atoms with Gasteiger partial charge in [0.2, 0.25) is 0 Å². The van der Waals surface area contributed by atoms with Crippen molar-refractivity contribution in [3.8, 4) is 0 Å². The number of anilines is 1. The molecule has 0 bridgehead atoms. The number of non-ortho nitro benzene ring substituents is 1. The second-order valence-corrected chi connectivity index (χ2v) is 10.1. The van der Waals surface area contributed by atoms with Gasteiger partial charge in [-0.3, -0.25) is 29.9 Å². The molecule has 34 heavy (non-hydrogen) atoms. The van der Waals surface area contributed by atoms with E-state index in [1.165, 1.54) is 47.0 Å². The molecule has 1 amide bonds. The first-order valence-corrected chi connectivity index (χ1v) is 11.9. The first-order chi connectivity index (χ1) is 16.2. The number of nitrogens with zero attached hydrogens (tertiary/aromatic N) is 3. The molecule has 12 heteroatoms. The number of benzene rings is 3. The summed E-state index contributed by atoms with van der Waals surface area (Å²) < 4.78 is 0.209. The minimum absolute atomic E-state index is 0.108. The van der Waals surface area contributed by atoms with Gasteiger partial charge in [0.15, 0.2) is 4.32 Å². The fourth-order valence-electron chi connectivity index (χ4n) is 3.07. The number of carbonyl (C=O) groups is 1. The Hall–Kier alpha value is -3.25. The SMILES string of the molecule is O=C1C(=Cc2ccc(Sc3ccc(Cl)cc3)c([N+](=O)[O-])c2)SC(=S)N1c1cccc([N+](=O)[O-])c1. The van der Waals surface area contributed by atoms with Gasteiger partial charge < -0.3 is 0 Å². The Kier molecular flexibility index (Phi) is 6.98. The van der Waals surface area contributed by atoms with Crippen LogP contribution in [0.25, 0.3) is 6.08 Å². The van der Waals surface area contributed by atoms with Crippen molar-refractivity contribution in [2.45, 2.75) is 9.79 Å². The van der Waals surface area contributed by atoms with Crippen LogP contribution < -0.4 is 4.90 Å². The number of halogens is 1. The van der Waals surface area contributed by atoms with E-state index < -0.39 is 15.8 Å². The van der Waals surface area contributed by atoms with Crippen LogP contribution in [0.1, 0.15) is 5.56 Å². The first-order valence-electron chi connectivity index (χ1n) is 9.47. The molecular weight excluding hydrogens is 518 g/mol. The molecule has 0 N–H and O–H groups in total. The van der Waals surface area contributed by atoms with Gasteiger partial charge in [0.05, 0.1) is 25.3 Å². The Morgan fingerprint density at radius 3 is 2.41 bits per heavy atom. The second-order valence-electron chi connectivity index (χ2n) is 6.83. The summed E-state index contributed by atoms with van der Waals surface area (Å²) in [4.78, 5) is 37.4. The van der Waals surface area contributed by atoms with Crippen LogP contribution >= 0.6 is 47.3 Å². The molecule has 0 unspecified atom stereocenters. The van der Waals surface area contributed by atoms with Gasteiger partial charge >= 0.3 is 0 Å². The smallest absolute Gasteiger partial charge is 0.268 e. The lowest BCUT2D eigenvalue weighted by Gasteiger charge is -2.13. The summed E-state index contributed by atoms with van der Waals surface area (Å²) in [7, 11) is 0. The minimum Gasteiger partial charge on any atom is -0.268 e. The molecule has 0 radical (unpaired) electrons. The van der Waals surface area contributed by atoms with Gasteiger partial charge in [0.25, 0.3) is 17.3 Å². The summed E-state index contributed by atoms with van der Waals surface area (Å²) in [5, 5.41) is 23.3. The average Bonchev–Trinajstić information content (AvgIpc) is 3.08. The molecule has 1 aliphatic heterocycles. The van der Waals surface area contributed by atoms with Crippen molar-refractivity contribution in [1.29, 1.82) is 0 Å². The Bertz CT molecular complexity index is 1380. The number of rotatable bonds is 6. The number of hydrogen-bond donors (Lipinski definition) is 0. The number of nitro benzene ring substituents is 2. The van der Waals surface area contributed by atoms with Crippen LogP contribution in [0.4, 0.5) is 17.1 Å². The largest absolute Gasteiger partial charge is 0.283 e. The molecule has 3 aromatic rings. The summed E-state index contributed by atoms with van der Waals surface area (Å²) in [6.45, 7) is 0. The molecule has 1 aliphatic rings. The molecule has 3 aromatic carbocycles. The molecule has 1 heterocycles. The number of carbonyl (C=O) groups excluding carboxylic acids is 1. The van der Waals surface area contributed by atoms with E-state index in [0.29, 0.717) is 15.5 Å². The van der Waals surface area contributed by atoms with Crippen molar-refractivity contribution in [1.82, 2.24) is 0 Å². The Labute approximate surface area is 211 Å². The summed E-state index contributed by atoms with van der Waals surface area (Å²) in [6.07, 6.45) is 1.51. The number of thioether (sulfide) groups is 1. The Morgan fingerprint density at radius 2 is 1.74 bits per heavy atom. The molecule has 1 saturated heterocycles. The summed E-state index contributed by atoms with van der Waals surface area (Å²) in [6, 6.07) is 17.2. The molecule has 0 aromatic heterocycles. The monoisotopic (exact) mass is 529 g/mol. The molecule has 0 spiro atoms. The maximum atomic E-state index is 13.0. The van der Waals surface area contributed by atoms with Crippen LogP contribution in [0.5, 0.6) is 0 Å². The predicted octanol–water partition coefficient (Wildman–Crippen LogP) is 6.71. The van der Waals surface area contributed by atoms with Crippen molar-refractivity contribution in [2.75, 3.05) is 4.90 Å². The highest BCUT2D eigenvalue weighted by Crippen LogP contribution is 2.39. The van der Waals surface area contributed by atoms with E-state index in [1.54, 1.807) is 42.5 Å². The topological polar surface area (TPSA) is 107 Å². The molecular formula is C22H12ClN3O5S3. The second kappa shape index (κ2) is 9.94. The summed E-state index contributed by atoms with van der Waals surface area (Å²) in [5.74, 6) is -0.460. The third-order valence-electron chi connectivity index (χ3n) is 4.61. The van der Waals surface area contributed by atoms with Gasteiger partial charge in [-0.1, -0.05) is 59.5 Å². The van der Waals surface area contributed by atoms with Crippen molar-refractivity contribution in [3.05, 3.63) is 102 Å². The number of nitro groups is 2. The van der Waals surface area contributed by atoms with Gasteiger partial charge in [-0.15, -0.1) is 0 Å². The van der Waals surface area contributed by atoms with E-state index in [4.69, 9.17) is 23.8 Å². The van der Waals surface area contributed by atoms with Crippen LogP contribution in [0.3, 0.4) is 0 Å². The molecule has 0 saturated carbocycles. The third-order valence-corrected chi connectivity index (χ3v) is 7.24. The minimum atomic E-state index is -0.556. The normalized spacial score (nSPS) is 14.6. The average molecular weight is 530 g/mol. The zero-order valence-corrected chi connectivity index (χ0v) is 20.1. The highest BCUT2D eigenvalue weighted by Gasteiger charge is 2.34. The van der Waals surface area contributed by atoms with E-state index in [2.05, 4.69) is 0 Å². The standard InChI is InChI=1S/C22H12ClN3O5S3/c23-14-5-7-17(8-6-14)33-19-9-4-13(10-18(19)26(30)31)11-20-21(27)24(22(32)34-20)15-2-1-3-16(12-15)25(28)29/h1-12H. The molecule has 8 nitrogen and oxygen atoms in total. The highest BCUT2D eigenvalue weighted by atomic mass is 35.5. The lowest BCUT2D eigenvalue weighted by molar-refractivity contribution is -0.387. The quantitative estimate of drug-likeness (QED) is 0.150. The number of thiocarbonyl (C=S) groups is 1. The van der Waals surface area contributed by atoms with Crippen LogP contribution in [0, 0.1) is 20.2 Å².